The summed E-state index contributed by atoms with van der Waals surface area (Å²) in [7, 11) is 3.84. The van der Waals surface area contributed by atoms with Gasteiger partial charge >= 0.3 is 0 Å². The van der Waals surface area contributed by atoms with Crippen LogP contribution >= 0.6 is 0 Å². The first kappa shape index (κ1) is 15.4. The number of hydrogen-bond acceptors (Lipinski definition) is 3. The van der Waals surface area contributed by atoms with Gasteiger partial charge in [0.15, 0.2) is 0 Å². The quantitative estimate of drug-likeness (QED) is 0.838. The Kier molecular flexibility index (Phi) is 5.20. The molecule has 2 amide bonds. The number of amides is 2. The summed E-state index contributed by atoms with van der Waals surface area (Å²) in [5.41, 5.74) is 6.53. The van der Waals surface area contributed by atoms with E-state index in [0.29, 0.717) is 5.56 Å². The number of benzene rings is 1. The van der Waals surface area contributed by atoms with E-state index >= 15 is 0 Å². The topological polar surface area (TPSA) is 61.4 Å². The fourth-order valence-electron chi connectivity index (χ4n) is 2.58. The van der Waals surface area contributed by atoms with Crippen LogP contribution in [0.5, 0.6) is 0 Å². The molecule has 0 spiro atoms. The number of rotatable bonds is 3. The van der Waals surface area contributed by atoms with E-state index in [9.17, 15) is 9.59 Å². The van der Waals surface area contributed by atoms with E-state index in [1.54, 1.807) is 12.1 Å². The molecule has 2 rings (SSSR count). The minimum absolute atomic E-state index is 0.0344. The largest absolute Gasteiger partial charge is 0.378 e. The highest BCUT2D eigenvalue weighted by molar-refractivity contribution is 5.96. The van der Waals surface area contributed by atoms with Gasteiger partial charge in [0.25, 0.3) is 5.91 Å². The molecule has 114 valence electrons. The van der Waals surface area contributed by atoms with E-state index in [4.69, 9.17) is 0 Å². The molecule has 21 heavy (non-hydrogen) atoms. The zero-order valence-corrected chi connectivity index (χ0v) is 12.7. The highest BCUT2D eigenvalue weighted by Gasteiger charge is 2.21. The van der Waals surface area contributed by atoms with Crippen LogP contribution in [0.15, 0.2) is 24.3 Å². The maximum atomic E-state index is 12.1. The normalized spacial score (nSPS) is 15.3. The van der Waals surface area contributed by atoms with Gasteiger partial charge in [0, 0.05) is 31.3 Å². The molecule has 1 fully saturated rings. The molecule has 1 saturated carbocycles. The minimum atomic E-state index is -0.289. The number of carbonyl (C=O) groups is 2. The van der Waals surface area contributed by atoms with Crippen molar-refractivity contribution in [2.24, 2.45) is 5.92 Å². The molecule has 0 aliphatic heterocycles. The van der Waals surface area contributed by atoms with Gasteiger partial charge in [0.05, 0.1) is 0 Å². The molecule has 1 aliphatic rings. The summed E-state index contributed by atoms with van der Waals surface area (Å²) in [6, 6.07) is 7.28. The van der Waals surface area contributed by atoms with Crippen LogP contribution in [0.3, 0.4) is 0 Å². The molecule has 0 atom stereocenters. The first-order valence-corrected chi connectivity index (χ1v) is 7.45. The van der Waals surface area contributed by atoms with Crippen molar-refractivity contribution < 1.29 is 9.59 Å². The summed E-state index contributed by atoms with van der Waals surface area (Å²) in [4.78, 5) is 26.0. The SMILES string of the molecule is CN(C)c1cccc(C(=O)NNC(=O)C2CCCCC2)c1. The van der Waals surface area contributed by atoms with Gasteiger partial charge in [-0.05, 0) is 31.0 Å². The van der Waals surface area contributed by atoms with E-state index in [1.807, 2.05) is 31.1 Å². The van der Waals surface area contributed by atoms with E-state index < -0.39 is 0 Å². The maximum absolute atomic E-state index is 12.1. The smallest absolute Gasteiger partial charge is 0.269 e. The molecular formula is C16H23N3O2. The number of hydrogen-bond donors (Lipinski definition) is 2. The molecule has 1 aromatic carbocycles. The van der Waals surface area contributed by atoms with Crippen molar-refractivity contribution in [2.45, 2.75) is 32.1 Å². The van der Waals surface area contributed by atoms with Gasteiger partial charge in [-0.25, -0.2) is 0 Å². The molecule has 0 heterocycles. The zero-order chi connectivity index (χ0) is 15.2. The Bertz CT molecular complexity index is 508. The predicted octanol–water partition coefficient (Wildman–Crippen LogP) is 2.09. The van der Waals surface area contributed by atoms with Crippen molar-refractivity contribution in [1.82, 2.24) is 10.9 Å². The summed E-state index contributed by atoms with van der Waals surface area (Å²) in [5, 5.41) is 0. The van der Waals surface area contributed by atoms with Crippen LogP contribution in [0.2, 0.25) is 0 Å². The number of nitrogens with zero attached hydrogens (tertiary/aromatic N) is 1. The van der Waals surface area contributed by atoms with E-state index in [-0.39, 0.29) is 17.7 Å². The highest BCUT2D eigenvalue weighted by atomic mass is 16.2. The van der Waals surface area contributed by atoms with E-state index in [2.05, 4.69) is 10.9 Å². The molecule has 2 N–H and O–H groups in total. The van der Waals surface area contributed by atoms with Gasteiger partial charge in [0.2, 0.25) is 5.91 Å². The van der Waals surface area contributed by atoms with E-state index in [0.717, 1.165) is 31.4 Å². The Labute approximate surface area is 125 Å². The average molecular weight is 289 g/mol. The highest BCUT2D eigenvalue weighted by Crippen LogP contribution is 2.23. The van der Waals surface area contributed by atoms with Crippen LogP contribution in [0.25, 0.3) is 0 Å². The Morgan fingerprint density at radius 3 is 2.48 bits per heavy atom. The van der Waals surface area contributed by atoms with Gasteiger partial charge in [-0.15, -0.1) is 0 Å². The van der Waals surface area contributed by atoms with Crippen LogP contribution in [0.1, 0.15) is 42.5 Å². The molecule has 5 nitrogen and oxygen atoms in total. The fraction of sp³-hybridized carbons (Fsp3) is 0.500. The first-order chi connectivity index (χ1) is 10.1. The van der Waals surface area contributed by atoms with Crippen molar-refractivity contribution in [1.29, 1.82) is 0 Å². The Balaban J connectivity index is 1.89. The lowest BCUT2D eigenvalue weighted by Crippen LogP contribution is -2.45. The number of hydrazine groups is 1. The van der Waals surface area contributed by atoms with Crippen LogP contribution in [0, 0.1) is 5.92 Å². The molecular weight excluding hydrogens is 266 g/mol. The first-order valence-electron chi connectivity index (χ1n) is 7.45. The van der Waals surface area contributed by atoms with Crippen molar-refractivity contribution >= 4 is 17.5 Å². The standard InChI is InChI=1S/C16H23N3O2/c1-19(2)14-10-6-9-13(11-14)16(21)18-17-15(20)12-7-4-3-5-8-12/h6,9-12H,3-5,7-8H2,1-2H3,(H,17,20)(H,18,21). The molecule has 1 aromatic rings. The van der Waals surface area contributed by atoms with Crippen molar-refractivity contribution in [3.05, 3.63) is 29.8 Å². The van der Waals surface area contributed by atoms with Gasteiger partial charge in [-0.2, -0.15) is 0 Å². The molecule has 0 saturated heterocycles. The van der Waals surface area contributed by atoms with Crippen LogP contribution in [-0.4, -0.2) is 25.9 Å². The van der Waals surface area contributed by atoms with E-state index in [1.165, 1.54) is 6.42 Å². The predicted molar refractivity (Wildman–Crippen MR) is 83.0 cm³/mol. The minimum Gasteiger partial charge on any atom is -0.378 e. The van der Waals surface area contributed by atoms with Gasteiger partial charge in [-0.3, -0.25) is 20.4 Å². The molecule has 0 radical (unpaired) electrons. The third kappa shape index (κ3) is 4.21. The molecule has 0 unspecified atom stereocenters. The summed E-state index contributed by atoms with van der Waals surface area (Å²) in [5.74, 6) is -0.332. The second-order valence-corrected chi connectivity index (χ2v) is 5.72. The Morgan fingerprint density at radius 2 is 1.81 bits per heavy atom. The molecule has 1 aliphatic carbocycles. The number of anilines is 1. The monoisotopic (exact) mass is 289 g/mol. The molecule has 0 aromatic heterocycles. The molecule has 5 heteroatoms. The van der Waals surface area contributed by atoms with Crippen molar-refractivity contribution in [3.8, 4) is 0 Å². The maximum Gasteiger partial charge on any atom is 0.269 e. The number of nitrogens with one attached hydrogen (secondary N) is 2. The van der Waals surface area contributed by atoms with Crippen LogP contribution in [0.4, 0.5) is 5.69 Å². The van der Waals surface area contributed by atoms with Crippen molar-refractivity contribution in [2.75, 3.05) is 19.0 Å². The second-order valence-electron chi connectivity index (χ2n) is 5.72. The zero-order valence-electron chi connectivity index (χ0n) is 12.7. The third-order valence-electron chi connectivity index (χ3n) is 3.90. The Morgan fingerprint density at radius 1 is 1.10 bits per heavy atom. The van der Waals surface area contributed by atoms with Gasteiger partial charge in [0.1, 0.15) is 0 Å². The average Bonchev–Trinajstić information content (AvgIpc) is 2.53. The van der Waals surface area contributed by atoms with Gasteiger partial charge < -0.3 is 4.90 Å². The third-order valence-corrected chi connectivity index (χ3v) is 3.90. The Hall–Kier alpha value is -2.04. The van der Waals surface area contributed by atoms with Crippen LogP contribution < -0.4 is 15.8 Å². The summed E-state index contributed by atoms with van der Waals surface area (Å²) in [6.45, 7) is 0. The lowest BCUT2D eigenvalue weighted by molar-refractivity contribution is -0.126. The van der Waals surface area contributed by atoms with Crippen molar-refractivity contribution in [3.63, 3.8) is 0 Å². The van der Waals surface area contributed by atoms with Crippen LogP contribution in [-0.2, 0) is 4.79 Å². The number of carbonyl (C=O) groups excluding carboxylic acids is 2. The lowest BCUT2D eigenvalue weighted by atomic mass is 9.89. The fourth-order valence-corrected chi connectivity index (χ4v) is 2.58. The summed E-state index contributed by atoms with van der Waals surface area (Å²) in [6.07, 6.45) is 5.22. The van der Waals surface area contributed by atoms with Gasteiger partial charge in [-0.1, -0.05) is 25.3 Å². The lowest BCUT2D eigenvalue weighted by Gasteiger charge is -2.21. The second kappa shape index (κ2) is 7.11. The molecule has 0 bridgehead atoms. The summed E-state index contributed by atoms with van der Waals surface area (Å²) >= 11 is 0. The summed E-state index contributed by atoms with van der Waals surface area (Å²) < 4.78 is 0.